The van der Waals surface area contributed by atoms with Gasteiger partial charge in [0.15, 0.2) is 0 Å². The molecule has 0 saturated heterocycles. The van der Waals surface area contributed by atoms with Crippen molar-refractivity contribution in [3.05, 3.63) is 42.0 Å². The molecule has 0 fully saturated rings. The van der Waals surface area contributed by atoms with Gasteiger partial charge in [-0.1, -0.05) is 24.3 Å². The van der Waals surface area contributed by atoms with E-state index >= 15 is 0 Å². The molecule has 2 aromatic carbocycles. The highest BCUT2D eigenvalue weighted by Gasteiger charge is 2.43. The lowest BCUT2D eigenvalue weighted by molar-refractivity contribution is -0.110. The summed E-state index contributed by atoms with van der Waals surface area (Å²) in [6.45, 7) is 3.58. The number of nitrogens with one attached hydrogen (secondary N) is 1. The number of benzene rings is 2. The van der Waals surface area contributed by atoms with Gasteiger partial charge in [-0.3, -0.25) is 0 Å². The summed E-state index contributed by atoms with van der Waals surface area (Å²) < 4.78 is 6.05. The number of aromatic nitrogens is 1. The molecule has 0 unspecified atom stereocenters. The quantitative estimate of drug-likeness (QED) is 0.594. The van der Waals surface area contributed by atoms with E-state index in [2.05, 4.69) is 4.98 Å². The maximum atomic E-state index is 10.4. The van der Waals surface area contributed by atoms with Gasteiger partial charge in [0.05, 0.1) is 5.52 Å². The van der Waals surface area contributed by atoms with Crippen LogP contribution in [0.4, 0.5) is 0 Å². The summed E-state index contributed by atoms with van der Waals surface area (Å²) in [4.78, 5) is 3.36. The maximum Gasteiger partial charge on any atom is 0.136 e. The Hall–Kier alpha value is -2.04. The lowest BCUT2D eigenvalue weighted by atomic mass is 9.87. The van der Waals surface area contributed by atoms with Gasteiger partial charge in [-0.2, -0.15) is 0 Å². The van der Waals surface area contributed by atoms with Gasteiger partial charge in [0.25, 0.3) is 0 Å². The van der Waals surface area contributed by atoms with E-state index in [1.54, 1.807) is 13.8 Å². The third kappa shape index (κ3) is 1.63. The van der Waals surface area contributed by atoms with E-state index in [1.807, 2.05) is 36.4 Å². The summed E-state index contributed by atoms with van der Waals surface area (Å²) >= 11 is 0. The first-order valence-electron chi connectivity index (χ1n) is 7.07. The topological polar surface area (TPSA) is 65.5 Å². The van der Waals surface area contributed by atoms with Crippen LogP contribution in [0.1, 0.15) is 25.5 Å². The highest BCUT2D eigenvalue weighted by atomic mass is 16.5. The fraction of sp³-hybridized carbons (Fsp3) is 0.294. The third-order valence-corrected chi connectivity index (χ3v) is 4.35. The number of para-hydroxylation sites is 1. The zero-order valence-corrected chi connectivity index (χ0v) is 11.9. The zero-order chi connectivity index (χ0) is 14.8. The minimum atomic E-state index is -0.951. The van der Waals surface area contributed by atoms with Gasteiger partial charge in [-0.05, 0) is 26.0 Å². The average molecular weight is 283 g/mol. The number of hydrogen-bond acceptors (Lipinski definition) is 3. The van der Waals surface area contributed by atoms with Crippen molar-refractivity contribution in [2.45, 2.75) is 31.7 Å². The summed E-state index contributed by atoms with van der Waals surface area (Å²) in [5, 5.41) is 22.6. The lowest BCUT2D eigenvalue weighted by Gasteiger charge is -2.40. The number of ether oxygens (including phenoxy) is 1. The van der Waals surface area contributed by atoms with Gasteiger partial charge in [-0.15, -0.1) is 0 Å². The molecular formula is C17H17NO3. The third-order valence-electron chi connectivity index (χ3n) is 4.35. The molecular weight excluding hydrogens is 266 g/mol. The van der Waals surface area contributed by atoms with Crippen molar-refractivity contribution < 1.29 is 14.9 Å². The van der Waals surface area contributed by atoms with Crippen LogP contribution < -0.4 is 4.74 Å². The van der Waals surface area contributed by atoms with Crippen LogP contribution in [-0.2, 0) is 0 Å². The van der Waals surface area contributed by atoms with Crippen LogP contribution in [0.5, 0.6) is 5.75 Å². The van der Waals surface area contributed by atoms with Crippen LogP contribution in [0.25, 0.3) is 21.8 Å². The van der Waals surface area contributed by atoms with Gasteiger partial charge in [0.1, 0.15) is 23.6 Å². The Kier molecular flexibility index (Phi) is 2.41. The predicted octanol–water partition coefficient (Wildman–Crippen LogP) is 2.89. The fourth-order valence-corrected chi connectivity index (χ4v) is 3.14. The van der Waals surface area contributed by atoms with Crippen molar-refractivity contribution in [2.75, 3.05) is 0 Å². The van der Waals surface area contributed by atoms with Crippen LogP contribution in [0.2, 0.25) is 0 Å². The van der Waals surface area contributed by atoms with Crippen molar-refractivity contribution in [1.29, 1.82) is 0 Å². The van der Waals surface area contributed by atoms with E-state index in [4.69, 9.17) is 4.74 Å². The van der Waals surface area contributed by atoms with Crippen molar-refractivity contribution in [3.8, 4) is 5.75 Å². The lowest BCUT2D eigenvalue weighted by Crippen LogP contribution is -2.48. The summed E-state index contributed by atoms with van der Waals surface area (Å²) in [6, 6.07) is 11.7. The molecule has 0 bridgehead atoms. The molecule has 2 atom stereocenters. The van der Waals surface area contributed by atoms with Crippen LogP contribution in [0, 0.1) is 0 Å². The maximum absolute atomic E-state index is 10.4. The Morgan fingerprint density at radius 2 is 1.81 bits per heavy atom. The smallest absolute Gasteiger partial charge is 0.136 e. The molecule has 4 rings (SSSR count). The molecule has 2 heterocycles. The van der Waals surface area contributed by atoms with Gasteiger partial charge >= 0.3 is 0 Å². The molecule has 0 aliphatic carbocycles. The highest BCUT2D eigenvalue weighted by Crippen LogP contribution is 2.45. The minimum absolute atomic E-state index is 0.638. The molecule has 0 amide bonds. The largest absolute Gasteiger partial charge is 0.484 e. The van der Waals surface area contributed by atoms with Gasteiger partial charge in [-0.25, -0.2) is 0 Å². The number of aliphatic hydroxyl groups is 2. The van der Waals surface area contributed by atoms with Crippen LogP contribution in [0.3, 0.4) is 0 Å². The summed E-state index contributed by atoms with van der Waals surface area (Å²) in [5.41, 5.74) is 1.80. The highest BCUT2D eigenvalue weighted by molar-refractivity contribution is 6.11. The van der Waals surface area contributed by atoms with Crippen LogP contribution in [0.15, 0.2) is 36.4 Å². The van der Waals surface area contributed by atoms with Crippen molar-refractivity contribution >= 4 is 21.8 Å². The number of hydrogen-bond donors (Lipinski definition) is 3. The summed E-state index contributed by atoms with van der Waals surface area (Å²) in [6.07, 6.45) is -1.89. The van der Waals surface area contributed by atoms with Crippen LogP contribution >= 0.6 is 0 Å². The molecule has 3 aromatic rings. The zero-order valence-electron chi connectivity index (χ0n) is 11.9. The fourth-order valence-electron chi connectivity index (χ4n) is 3.14. The number of rotatable bonds is 0. The van der Waals surface area contributed by atoms with E-state index in [0.29, 0.717) is 11.3 Å². The molecule has 0 spiro atoms. The second kappa shape index (κ2) is 4.00. The van der Waals surface area contributed by atoms with Crippen LogP contribution in [-0.4, -0.2) is 26.9 Å². The molecule has 1 aliphatic heterocycles. The first-order chi connectivity index (χ1) is 9.99. The van der Waals surface area contributed by atoms with E-state index in [0.717, 1.165) is 21.8 Å². The normalized spacial score (nSPS) is 24.0. The van der Waals surface area contributed by atoms with Gasteiger partial charge in [0, 0.05) is 21.9 Å². The van der Waals surface area contributed by atoms with Crippen molar-refractivity contribution in [3.63, 3.8) is 0 Å². The predicted molar refractivity (Wildman–Crippen MR) is 81.5 cm³/mol. The van der Waals surface area contributed by atoms with Gasteiger partial charge in [0.2, 0.25) is 0 Å². The summed E-state index contributed by atoms with van der Waals surface area (Å²) in [7, 11) is 0. The second-order valence-electron chi connectivity index (χ2n) is 6.17. The van der Waals surface area contributed by atoms with Crippen molar-refractivity contribution in [2.24, 2.45) is 0 Å². The second-order valence-corrected chi connectivity index (χ2v) is 6.17. The van der Waals surface area contributed by atoms with Crippen molar-refractivity contribution in [1.82, 2.24) is 4.98 Å². The molecule has 0 saturated carbocycles. The summed E-state index contributed by atoms with van der Waals surface area (Å²) in [5.74, 6) is 0.660. The molecule has 108 valence electrons. The molecule has 3 N–H and O–H groups in total. The average Bonchev–Trinajstić information content (AvgIpc) is 2.83. The molecule has 1 aliphatic rings. The standard InChI is InChI=1S/C17H17NO3/c1-17(2)16(20)14(19)10-7-8-12-13(15(10)21-17)9-5-3-4-6-11(9)18-12/h3-8,14,16,18-20H,1-2H3/t14-,16+/m1/s1. The number of aromatic amines is 1. The van der Waals surface area contributed by atoms with E-state index < -0.39 is 17.8 Å². The molecule has 21 heavy (non-hydrogen) atoms. The number of aliphatic hydroxyl groups excluding tert-OH is 2. The minimum Gasteiger partial charge on any atom is -0.484 e. The Morgan fingerprint density at radius 3 is 2.62 bits per heavy atom. The van der Waals surface area contributed by atoms with Gasteiger partial charge < -0.3 is 19.9 Å². The first-order valence-corrected chi connectivity index (χ1v) is 7.07. The number of H-pyrrole nitrogens is 1. The molecule has 1 aromatic heterocycles. The Labute approximate surface area is 122 Å². The van der Waals surface area contributed by atoms with E-state index in [-0.39, 0.29) is 0 Å². The Bertz CT molecular complexity index is 850. The molecule has 4 heteroatoms. The SMILES string of the molecule is CC1(C)Oc2c(ccc3[nH]c4ccccc4c23)[C@@H](O)[C@@H]1O. The molecule has 0 radical (unpaired) electrons. The number of fused-ring (bicyclic) bond motifs is 5. The van der Waals surface area contributed by atoms with E-state index in [1.165, 1.54) is 0 Å². The molecule has 4 nitrogen and oxygen atoms in total. The first kappa shape index (κ1) is 12.7. The Balaban J connectivity index is 2.11. The Morgan fingerprint density at radius 1 is 1.05 bits per heavy atom. The monoisotopic (exact) mass is 283 g/mol. The van der Waals surface area contributed by atoms with E-state index in [9.17, 15) is 10.2 Å².